The number of halogens is 1. The smallest absolute Gasteiger partial charge is 0.303 e. The summed E-state index contributed by atoms with van der Waals surface area (Å²) in [6.45, 7) is 7.35. The quantitative estimate of drug-likeness (QED) is 0.398. The summed E-state index contributed by atoms with van der Waals surface area (Å²) in [5.41, 5.74) is 0.408. The summed E-state index contributed by atoms with van der Waals surface area (Å²) in [7, 11) is -2.59. The molecule has 4 heterocycles. The number of nitrogens with one attached hydrogen (secondary N) is 1. The van der Waals surface area contributed by atoms with Gasteiger partial charge in [-0.3, -0.25) is 14.5 Å². The monoisotopic (exact) mass is 825 g/mol. The lowest BCUT2D eigenvalue weighted by Crippen LogP contribution is -2.55. The van der Waals surface area contributed by atoms with E-state index in [9.17, 15) is 23.1 Å². The highest BCUT2D eigenvalue weighted by Crippen LogP contribution is 2.48. The minimum Gasteiger partial charge on any atom is -0.490 e. The van der Waals surface area contributed by atoms with Gasteiger partial charge in [-0.15, -0.1) is 0 Å². The number of carbonyl (C=O) groups is 2. The van der Waals surface area contributed by atoms with Gasteiger partial charge in [0.05, 0.1) is 44.6 Å². The summed E-state index contributed by atoms with van der Waals surface area (Å²) < 4.78 is 48.6. The van der Waals surface area contributed by atoms with Crippen molar-refractivity contribution in [2.45, 2.75) is 68.5 Å². The average Bonchev–Trinajstić information content (AvgIpc) is 3.30. The zero-order valence-corrected chi connectivity index (χ0v) is 34.4. The Morgan fingerprint density at radius 1 is 1.07 bits per heavy atom. The van der Waals surface area contributed by atoms with Crippen LogP contribution in [0, 0.1) is 11.8 Å². The Balaban J connectivity index is 1.17. The van der Waals surface area contributed by atoms with Gasteiger partial charge in [-0.1, -0.05) is 35.9 Å². The van der Waals surface area contributed by atoms with Gasteiger partial charge in [-0.05, 0) is 97.7 Å². The Morgan fingerprint density at radius 2 is 1.89 bits per heavy atom. The van der Waals surface area contributed by atoms with Gasteiger partial charge in [0.15, 0.2) is 5.60 Å². The van der Waals surface area contributed by atoms with Crippen LogP contribution < -0.4 is 14.4 Å². The molecule has 1 spiro atoms. The predicted molar refractivity (Wildman–Crippen MR) is 217 cm³/mol. The first-order chi connectivity index (χ1) is 27.4. The maximum atomic E-state index is 14.1. The lowest BCUT2D eigenvalue weighted by atomic mass is 9.68. The van der Waals surface area contributed by atoms with Gasteiger partial charge in [0, 0.05) is 69.8 Å². The molecule has 1 saturated carbocycles. The van der Waals surface area contributed by atoms with Crippen LogP contribution in [0.5, 0.6) is 5.75 Å². The fourth-order valence-electron chi connectivity index (χ4n) is 9.46. The molecule has 3 fully saturated rings. The van der Waals surface area contributed by atoms with E-state index in [-0.39, 0.29) is 42.0 Å². The van der Waals surface area contributed by atoms with Crippen LogP contribution in [-0.2, 0) is 46.7 Å². The second-order valence-electron chi connectivity index (χ2n) is 16.8. The number of rotatable bonds is 7. The van der Waals surface area contributed by atoms with Crippen molar-refractivity contribution in [3.63, 3.8) is 0 Å². The Bertz CT molecular complexity index is 1960. The van der Waals surface area contributed by atoms with Gasteiger partial charge in [0.25, 0.3) is 5.91 Å². The van der Waals surface area contributed by atoms with E-state index in [0.717, 1.165) is 69.3 Å². The number of carbonyl (C=O) groups excluding carboxylic acids is 2. The summed E-state index contributed by atoms with van der Waals surface area (Å²) in [6, 6.07) is 11.2. The first-order valence-electron chi connectivity index (χ1n) is 20.6. The van der Waals surface area contributed by atoms with Gasteiger partial charge in [-0.2, -0.15) is 12.7 Å². The van der Waals surface area contributed by atoms with E-state index in [2.05, 4.69) is 38.8 Å². The van der Waals surface area contributed by atoms with Crippen LogP contribution in [0.1, 0.15) is 61.6 Å². The molecule has 5 atom stereocenters. The summed E-state index contributed by atoms with van der Waals surface area (Å²) in [6.07, 6.45) is 9.56. The molecule has 310 valence electrons. The van der Waals surface area contributed by atoms with Crippen molar-refractivity contribution < 1.29 is 37.3 Å². The molecule has 4 aliphatic heterocycles. The van der Waals surface area contributed by atoms with Gasteiger partial charge in [0.2, 0.25) is 5.91 Å². The van der Waals surface area contributed by atoms with Crippen LogP contribution in [0.15, 0.2) is 48.6 Å². The summed E-state index contributed by atoms with van der Waals surface area (Å²) >= 11 is 6.51. The fourth-order valence-corrected chi connectivity index (χ4v) is 10.9. The molecule has 0 radical (unpaired) electrons. The van der Waals surface area contributed by atoms with Crippen molar-refractivity contribution in [3.8, 4) is 5.75 Å². The Morgan fingerprint density at radius 3 is 2.65 bits per heavy atom. The van der Waals surface area contributed by atoms with Crippen molar-refractivity contribution in [2.75, 3.05) is 90.7 Å². The van der Waals surface area contributed by atoms with Crippen LogP contribution in [0.4, 0.5) is 5.69 Å². The summed E-state index contributed by atoms with van der Waals surface area (Å²) in [4.78, 5) is 34.2. The van der Waals surface area contributed by atoms with Crippen LogP contribution >= 0.6 is 11.6 Å². The normalized spacial score (nSPS) is 30.6. The Labute approximate surface area is 341 Å². The summed E-state index contributed by atoms with van der Waals surface area (Å²) in [5, 5.41) is 13.1. The molecule has 2 N–H and O–H groups in total. The SMILES string of the molecule is CN1CC/C=C\[C@H](OCCN2CCOCC2)[C@@H]2CC[C@H]2CN2C[C@@]3(CCCc4cc(Cl)ccc43)COc3ccc(cc32)[C@@](O)(C(=O)NS(=O)(=O)N2CCC2)CC1=O. The number of aryl methyl sites for hydroxylation is 1. The van der Waals surface area contributed by atoms with E-state index in [1.165, 1.54) is 16.0 Å². The molecule has 2 amide bonds. The first-order valence-corrected chi connectivity index (χ1v) is 22.4. The molecule has 6 aliphatic rings. The molecule has 2 bridgehead atoms. The minimum absolute atomic E-state index is 0.0959. The van der Waals surface area contributed by atoms with Gasteiger partial charge in [-0.25, -0.2) is 4.72 Å². The zero-order chi connectivity index (χ0) is 39.8. The Hall–Kier alpha value is -3.24. The van der Waals surface area contributed by atoms with Crippen LogP contribution in [-0.4, -0.2) is 131 Å². The highest BCUT2D eigenvalue weighted by atomic mass is 35.5. The number of aliphatic hydroxyl groups is 1. The topological polar surface area (TPSA) is 141 Å². The van der Waals surface area contributed by atoms with Crippen LogP contribution in [0.25, 0.3) is 0 Å². The van der Waals surface area contributed by atoms with E-state index in [4.69, 9.17) is 25.8 Å². The molecule has 13 nitrogen and oxygen atoms in total. The molecule has 15 heteroatoms. The van der Waals surface area contributed by atoms with Crippen molar-refractivity contribution in [2.24, 2.45) is 11.8 Å². The number of morpholine rings is 1. The number of hydrogen-bond donors (Lipinski definition) is 2. The lowest BCUT2D eigenvalue weighted by molar-refractivity contribution is -0.148. The Kier molecular flexibility index (Phi) is 11.9. The highest BCUT2D eigenvalue weighted by Gasteiger charge is 2.47. The van der Waals surface area contributed by atoms with Gasteiger partial charge >= 0.3 is 10.2 Å². The largest absolute Gasteiger partial charge is 0.490 e. The summed E-state index contributed by atoms with van der Waals surface area (Å²) in [5.74, 6) is -0.512. The molecule has 2 aromatic carbocycles. The van der Waals surface area contributed by atoms with E-state index in [1.807, 2.05) is 6.07 Å². The number of hydrogen-bond acceptors (Lipinski definition) is 10. The van der Waals surface area contributed by atoms with Crippen molar-refractivity contribution in [1.29, 1.82) is 0 Å². The van der Waals surface area contributed by atoms with Crippen molar-refractivity contribution >= 4 is 39.3 Å². The maximum Gasteiger partial charge on any atom is 0.303 e. The maximum absolute atomic E-state index is 14.1. The van der Waals surface area contributed by atoms with Crippen molar-refractivity contribution in [1.82, 2.24) is 18.8 Å². The molecule has 57 heavy (non-hydrogen) atoms. The molecular formula is C42H56ClN5O8S. The fraction of sp³-hybridized carbons (Fsp3) is 0.619. The second kappa shape index (κ2) is 16.8. The predicted octanol–water partition coefficient (Wildman–Crippen LogP) is 3.62. The lowest BCUT2D eigenvalue weighted by Gasteiger charge is -2.46. The molecule has 0 aromatic heterocycles. The number of amides is 2. The molecule has 2 aromatic rings. The molecule has 0 unspecified atom stereocenters. The van der Waals surface area contributed by atoms with E-state index in [1.54, 1.807) is 25.2 Å². The highest BCUT2D eigenvalue weighted by molar-refractivity contribution is 7.87. The first kappa shape index (κ1) is 40.5. The van der Waals surface area contributed by atoms with Crippen LogP contribution in [0.3, 0.4) is 0 Å². The standard InChI is InChI=1S/C42H56ClN5O8S/c1-45-15-3-2-7-37(55-23-20-46-18-21-54-22-19-46)34-11-8-31(34)27-47-28-41(14-4-6-30-24-33(43)10-12-35(30)41)29-56-38-13-9-32(25-36(38)47)42(51,26-39(45)49)40(50)44-57(52,53)48-16-5-17-48/h2,7,9-10,12-13,24-25,31,34,37,51H,3-6,8,11,14-23,26-29H2,1H3,(H,44,50)/b7-2-/t31-,34+,37-,41-,42+/m0/s1. The van der Waals surface area contributed by atoms with Crippen LogP contribution in [0.2, 0.25) is 5.02 Å². The van der Waals surface area contributed by atoms with Crippen molar-refractivity contribution in [3.05, 3.63) is 70.3 Å². The third kappa shape index (κ3) is 8.46. The minimum atomic E-state index is -4.22. The van der Waals surface area contributed by atoms with E-state index in [0.29, 0.717) is 62.1 Å². The zero-order valence-electron chi connectivity index (χ0n) is 32.9. The van der Waals surface area contributed by atoms with Gasteiger partial charge < -0.3 is 29.1 Å². The van der Waals surface area contributed by atoms with E-state index >= 15 is 0 Å². The molecule has 8 rings (SSSR count). The van der Waals surface area contributed by atoms with E-state index < -0.39 is 34.0 Å². The average molecular weight is 826 g/mol. The number of fused-ring (bicyclic) bond motifs is 4. The molecule has 2 saturated heterocycles. The second-order valence-corrected chi connectivity index (χ2v) is 18.9. The third-order valence-corrected chi connectivity index (χ3v) is 15.0. The number of anilines is 1. The number of benzene rings is 2. The number of ether oxygens (including phenoxy) is 3. The number of nitrogens with zero attached hydrogens (tertiary/aromatic N) is 4. The van der Waals surface area contributed by atoms with Gasteiger partial charge in [0.1, 0.15) is 5.75 Å². The third-order valence-electron chi connectivity index (χ3n) is 13.2. The molecular weight excluding hydrogens is 770 g/mol. The molecule has 2 aliphatic carbocycles.